The van der Waals surface area contributed by atoms with Crippen LogP contribution in [0.2, 0.25) is 0 Å². The summed E-state index contributed by atoms with van der Waals surface area (Å²) in [5.74, 6) is 0. The van der Waals surface area contributed by atoms with Gasteiger partial charge in [0, 0.05) is 0 Å². The summed E-state index contributed by atoms with van der Waals surface area (Å²) in [7, 11) is 2.88. The molecule has 0 radical (unpaired) electrons. The van der Waals surface area contributed by atoms with E-state index in [4.69, 9.17) is 0 Å². The van der Waals surface area contributed by atoms with E-state index >= 15 is 0 Å². The van der Waals surface area contributed by atoms with Crippen molar-refractivity contribution >= 4 is 9.24 Å². The summed E-state index contributed by atoms with van der Waals surface area (Å²) in [6.07, 6.45) is 3.80. The maximum atomic E-state index is 2.88. The third kappa shape index (κ3) is 6.82. The Morgan fingerprint density at radius 3 is 1.43 bits per heavy atom. The molecule has 86 valence electrons. The summed E-state index contributed by atoms with van der Waals surface area (Å²) in [6.45, 7) is 16.5. The number of hydrogen-bond acceptors (Lipinski definition) is 0. The quantitative estimate of drug-likeness (QED) is 0.595. The molecule has 0 rings (SSSR count). The zero-order valence-corrected chi connectivity index (χ0v) is 12.4. The summed E-state index contributed by atoms with van der Waals surface area (Å²) < 4.78 is 0. The summed E-state index contributed by atoms with van der Waals surface area (Å²) in [5.41, 5.74) is 1.36. The molecule has 14 heavy (non-hydrogen) atoms. The highest BCUT2D eigenvalue weighted by molar-refractivity contribution is 7.16. The van der Waals surface area contributed by atoms with Crippen LogP contribution in [-0.2, 0) is 0 Å². The molecule has 0 aliphatic carbocycles. The molecule has 0 aromatic rings. The Hall–Kier alpha value is 0.430. The molecular weight excluding hydrogens is 187 g/mol. The molecule has 0 saturated carbocycles. The van der Waals surface area contributed by atoms with Gasteiger partial charge in [-0.05, 0) is 35.2 Å². The lowest BCUT2D eigenvalue weighted by Crippen LogP contribution is -2.28. The Bertz CT molecular complexity index is 172. The lowest BCUT2D eigenvalue weighted by atomic mass is 9.69. The molecule has 1 unspecified atom stereocenters. The lowest BCUT2D eigenvalue weighted by Gasteiger charge is -2.38. The predicted octanol–water partition coefficient (Wildman–Crippen LogP) is 4.74. The third-order valence-corrected chi connectivity index (χ3v) is 3.62. The zero-order chi connectivity index (χ0) is 11.6. The van der Waals surface area contributed by atoms with E-state index in [2.05, 4.69) is 57.7 Å². The minimum atomic E-state index is 0.445. The fourth-order valence-electron chi connectivity index (χ4n) is 2.87. The van der Waals surface area contributed by atoms with E-state index in [1.165, 1.54) is 19.0 Å². The topological polar surface area (TPSA) is 0 Å². The molecule has 1 heteroatoms. The van der Waals surface area contributed by atoms with Gasteiger partial charge in [-0.15, -0.1) is 9.24 Å². The van der Waals surface area contributed by atoms with E-state index in [0.717, 1.165) is 0 Å². The lowest BCUT2D eigenvalue weighted by molar-refractivity contribution is 0.145. The van der Waals surface area contributed by atoms with Gasteiger partial charge in [0.2, 0.25) is 0 Å². The van der Waals surface area contributed by atoms with Gasteiger partial charge in [-0.3, -0.25) is 0 Å². The van der Waals surface area contributed by atoms with E-state index in [1.54, 1.807) is 0 Å². The van der Waals surface area contributed by atoms with Gasteiger partial charge >= 0.3 is 0 Å². The average Bonchev–Trinajstić information content (AvgIpc) is 1.78. The van der Waals surface area contributed by atoms with Gasteiger partial charge in [-0.25, -0.2) is 0 Å². The first-order valence-corrected chi connectivity index (χ1v) is 6.49. The van der Waals surface area contributed by atoms with E-state index < -0.39 is 0 Å². The molecule has 0 bridgehead atoms. The van der Waals surface area contributed by atoms with Crippen LogP contribution in [0, 0.1) is 16.2 Å². The van der Waals surface area contributed by atoms with Crippen molar-refractivity contribution in [3.63, 3.8) is 0 Å². The zero-order valence-electron chi connectivity index (χ0n) is 11.2. The van der Waals surface area contributed by atoms with Crippen LogP contribution in [0.1, 0.15) is 61.3 Å². The van der Waals surface area contributed by atoms with E-state index in [0.29, 0.717) is 16.2 Å². The summed E-state index contributed by atoms with van der Waals surface area (Å²) >= 11 is 0. The number of hydrogen-bond donors (Lipinski definition) is 0. The van der Waals surface area contributed by atoms with Gasteiger partial charge in [0.15, 0.2) is 0 Å². The van der Waals surface area contributed by atoms with E-state index in [1.807, 2.05) is 0 Å². The Kier molecular flexibility index (Phi) is 4.66. The van der Waals surface area contributed by atoms with Crippen LogP contribution in [0.5, 0.6) is 0 Å². The fraction of sp³-hybridized carbons (Fsp3) is 1.00. The van der Waals surface area contributed by atoms with E-state index in [9.17, 15) is 0 Å². The van der Waals surface area contributed by atoms with Gasteiger partial charge in [0.25, 0.3) is 0 Å². The smallest absolute Gasteiger partial charge is 0.0315 e. The first kappa shape index (κ1) is 14.4. The molecule has 1 atom stereocenters. The van der Waals surface area contributed by atoms with Gasteiger partial charge in [-0.1, -0.05) is 48.5 Å². The largest absolute Gasteiger partial charge is 0.137 e. The molecule has 0 aromatic heterocycles. The fourth-order valence-corrected chi connectivity index (χ4v) is 3.01. The molecule has 0 saturated heterocycles. The van der Waals surface area contributed by atoms with Crippen molar-refractivity contribution in [3.8, 4) is 0 Å². The van der Waals surface area contributed by atoms with Gasteiger partial charge in [0.1, 0.15) is 0 Å². The van der Waals surface area contributed by atoms with Crippen LogP contribution in [0.25, 0.3) is 0 Å². The molecular formula is C13H29P. The molecule has 0 fully saturated rings. The van der Waals surface area contributed by atoms with Crippen molar-refractivity contribution in [3.05, 3.63) is 0 Å². The monoisotopic (exact) mass is 216 g/mol. The Morgan fingerprint density at radius 1 is 0.714 bits per heavy atom. The first-order valence-electron chi connectivity index (χ1n) is 5.68. The minimum Gasteiger partial charge on any atom is -0.137 e. The molecule has 0 aliphatic rings. The summed E-state index contributed by atoms with van der Waals surface area (Å²) in [5, 5.41) is 0. The van der Waals surface area contributed by atoms with Crippen molar-refractivity contribution in [2.24, 2.45) is 16.2 Å². The van der Waals surface area contributed by atoms with Crippen LogP contribution in [0.4, 0.5) is 0 Å². The second-order valence-corrected chi connectivity index (χ2v) is 7.86. The highest BCUT2D eigenvalue weighted by Crippen LogP contribution is 2.42. The molecule has 0 aliphatic heterocycles. The first-order chi connectivity index (χ1) is 5.97. The third-order valence-electron chi connectivity index (χ3n) is 2.52. The van der Waals surface area contributed by atoms with Crippen molar-refractivity contribution in [2.45, 2.75) is 61.3 Å². The van der Waals surface area contributed by atoms with E-state index in [-0.39, 0.29) is 0 Å². The standard InChI is InChI=1S/C13H29P/c1-11(2,3)8-12(4,5)9-13(6,7)10-14/h8-10,14H2,1-7H3. The van der Waals surface area contributed by atoms with Crippen LogP contribution in [-0.4, -0.2) is 6.16 Å². The molecule has 0 heterocycles. The van der Waals surface area contributed by atoms with Crippen LogP contribution in [0.3, 0.4) is 0 Å². The molecule has 0 aromatic carbocycles. The average molecular weight is 216 g/mol. The molecule has 0 N–H and O–H groups in total. The Morgan fingerprint density at radius 2 is 1.14 bits per heavy atom. The van der Waals surface area contributed by atoms with Crippen LogP contribution >= 0.6 is 9.24 Å². The SMILES string of the molecule is CC(C)(C)CC(C)(C)CC(C)(C)CP. The summed E-state index contributed by atoms with van der Waals surface area (Å²) in [6, 6.07) is 0. The maximum Gasteiger partial charge on any atom is -0.0315 e. The Labute approximate surface area is 93.4 Å². The van der Waals surface area contributed by atoms with Gasteiger partial charge < -0.3 is 0 Å². The van der Waals surface area contributed by atoms with Crippen LogP contribution < -0.4 is 0 Å². The number of rotatable bonds is 4. The second-order valence-electron chi connectivity index (χ2n) is 7.45. The molecule has 0 amide bonds. The second kappa shape index (κ2) is 4.52. The van der Waals surface area contributed by atoms with Crippen molar-refractivity contribution < 1.29 is 0 Å². The molecule has 0 nitrogen and oxygen atoms in total. The van der Waals surface area contributed by atoms with Gasteiger partial charge in [0.05, 0.1) is 0 Å². The summed E-state index contributed by atoms with van der Waals surface area (Å²) in [4.78, 5) is 0. The van der Waals surface area contributed by atoms with Crippen molar-refractivity contribution in [2.75, 3.05) is 6.16 Å². The van der Waals surface area contributed by atoms with Gasteiger partial charge in [-0.2, -0.15) is 0 Å². The van der Waals surface area contributed by atoms with Crippen LogP contribution in [0.15, 0.2) is 0 Å². The Balaban J connectivity index is 4.35. The highest BCUT2D eigenvalue weighted by Gasteiger charge is 2.31. The van der Waals surface area contributed by atoms with Crippen molar-refractivity contribution in [1.82, 2.24) is 0 Å². The van der Waals surface area contributed by atoms with Crippen molar-refractivity contribution in [1.29, 1.82) is 0 Å². The maximum absolute atomic E-state index is 2.88. The normalized spacial score (nSPS) is 14.6. The minimum absolute atomic E-state index is 0.445. The molecule has 0 spiro atoms. The highest BCUT2D eigenvalue weighted by atomic mass is 31.0. The predicted molar refractivity (Wildman–Crippen MR) is 70.8 cm³/mol.